The van der Waals surface area contributed by atoms with Gasteiger partial charge in [0, 0.05) is 5.69 Å². The minimum Gasteiger partial charge on any atom is -0.390 e. The molecule has 0 radical (unpaired) electrons. The lowest BCUT2D eigenvalue weighted by atomic mass is 10.0. The first-order valence-corrected chi connectivity index (χ1v) is 5.71. The summed E-state index contributed by atoms with van der Waals surface area (Å²) >= 11 is 0. The van der Waals surface area contributed by atoms with E-state index in [9.17, 15) is 15.0 Å². The zero-order valence-corrected chi connectivity index (χ0v) is 10.3. The van der Waals surface area contributed by atoms with Crippen molar-refractivity contribution >= 4 is 11.7 Å². The van der Waals surface area contributed by atoms with Gasteiger partial charge in [-0.25, -0.2) is 4.79 Å². The summed E-state index contributed by atoms with van der Waals surface area (Å²) in [6.07, 6.45) is -1.31. The molecule has 0 aliphatic carbocycles. The Morgan fingerprint density at radius 1 is 1.33 bits per heavy atom. The van der Waals surface area contributed by atoms with Crippen molar-refractivity contribution in [2.45, 2.75) is 18.6 Å². The predicted octanol–water partition coefficient (Wildman–Crippen LogP) is 0.181. The van der Waals surface area contributed by atoms with E-state index in [4.69, 9.17) is 5.73 Å². The molecule has 2 unspecified atom stereocenters. The van der Waals surface area contributed by atoms with E-state index < -0.39 is 18.2 Å². The average Bonchev–Trinajstić information content (AvgIpc) is 2.35. The number of nitrogens with two attached hydrogens (primary N) is 1. The Morgan fingerprint density at radius 2 is 1.94 bits per heavy atom. The molecular weight excluding hydrogens is 234 g/mol. The Labute approximate surface area is 106 Å². The molecule has 6 N–H and O–H groups in total. The van der Waals surface area contributed by atoms with E-state index in [1.165, 1.54) is 0 Å². The molecule has 0 bridgehead atoms. The lowest BCUT2D eigenvalue weighted by molar-refractivity contribution is 0.0140. The summed E-state index contributed by atoms with van der Waals surface area (Å²) in [4.78, 5) is 10.6. The molecule has 0 saturated carbocycles. The molecule has 18 heavy (non-hydrogen) atoms. The molecule has 100 valence electrons. The van der Waals surface area contributed by atoms with Gasteiger partial charge in [0.25, 0.3) is 0 Å². The lowest BCUT2D eigenvalue weighted by Gasteiger charge is -2.18. The number of nitrogens with one attached hydrogen (secondary N) is 2. The van der Waals surface area contributed by atoms with Crippen LogP contribution in [0.15, 0.2) is 24.3 Å². The molecule has 0 aliphatic heterocycles. The normalized spacial score (nSPS) is 13.9. The second-order valence-electron chi connectivity index (χ2n) is 4.02. The number of carbonyl (C=O) groups is 1. The van der Waals surface area contributed by atoms with Crippen molar-refractivity contribution in [3.63, 3.8) is 0 Å². The number of anilines is 1. The van der Waals surface area contributed by atoms with Gasteiger partial charge in [0.15, 0.2) is 0 Å². The van der Waals surface area contributed by atoms with Gasteiger partial charge in [-0.1, -0.05) is 12.1 Å². The maximum Gasteiger partial charge on any atom is 0.316 e. The van der Waals surface area contributed by atoms with E-state index in [0.29, 0.717) is 24.2 Å². The summed E-state index contributed by atoms with van der Waals surface area (Å²) in [6.45, 7) is 0.625. The lowest BCUT2D eigenvalue weighted by Crippen LogP contribution is -2.23. The number of aliphatic hydroxyl groups excluding tert-OH is 2. The number of primary amides is 1. The Bertz CT molecular complexity index is 381. The van der Waals surface area contributed by atoms with Crippen molar-refractivity contribution in [3.05, 3.63) is 29.8 Å². The molecule has 0 aliphatic rings. The van der Waals surface area contributed by atoms with Crippen LogP contribution >= 0.6 is 0 Å². The topological polar surface area (TPSA) is 108 Å². The van der Waals surface area contributed by atoms with Gasteiger partial charge >= 0.3 is 6.03 Å². The monoisotopic (exact) mass is 253 g/mol. The van der Waals surface area contributed by atoms with Gasteiger partial charge < -0.3 is 26.6 Å². The highest BCUT2D eigenvalue weighted by Crippen LogP contribution is 2.20. The third-order valence-corrected chi connectivity index (χ3v) is 2.57. The summed E-state index contributed by atoms with van der Waals surface area (Å²) in [6, 6.07) is 5.87. The van der Waals surface area contributed by atoms with E-state index in [1.807, 2.05) is 0 Å². The molecule has 1 rings (SSSR count). The molecular formula is C12H19N3O3. The fourth-order valence-corrected chi connectivity index (χ4v) is 1.58. The molecule has 1 aromatic rings. The first-order chi connectivity index (χ1) is 8.54. The summed E-state index contributed by atoms with van der Waals surface area (Å²) in [5.74, 6) is 0. The van der Waals surface area contributed by atoms with Crippen molar-refractivity contribution in [1.29, 1.82) is 0 Å². The Hall–Kier alpha value is -1.63. The maximum atomic E-state index is 10.6. The molecule has 6 nitrogen and oxygen atoms in total. The number of rotatable bonds is 6. The first-order valence-electron chi connectivity index (χ1n) is 5.71. The van der Waals surface area contributed by atoms with Crippen molar-refractivity contribution in [3.8, 4) is 0 Å². The third kappa shape index (κ3) is 4.33. The van der Waals surface area contributed by atoms with Gasteiger partial charge in [-0.05, 0) is 37.7 Å². The van der Waals surface area contributed by atoms with Crippen LogP contribution in [0.25, 0.3) is 0 Å². The Kier molecular flexibility index (Phi) is 5.57. The fraction of sp³-hybridized carbons (Fsp3) is 0.417. The van der Waals surface area contributed by atoms with E-state index >= 15 is 0 Å². The van der Waals surface area contributed by atoms with Crippen molar-refractivity contribution in [2.24, 2.45) is 5.73 Å². The minimum atomic E-state index is -0.944. The van der Waals surface area contributed by atoms with E-state index in [-0.39, 0.29) is 0 Å². The standard InChI is InChI=1S/C12H19N3O3/c1-14-7-6-10(16)11(17)8-2-4-9(5-3-8)15-12(13)18/h2-5,10-11,14,16-17H,6-7H2,1H3,(H3,13,15,18). The summed E-state index contributed by atoms with van der Waals surface area (Å²) < 4.78 is 0. The average molecular weight is 253 g/mol. The molecule has 2 amide bonds. The van der Waals surface area contributed by atoms with Gasteiger partial charge in [0.2, 0.25) is 0 Å². The largest absolute Gasteiger partial charge is 0.390 e. The van der Waals surface area contributed by atoms with Gasteiger partial charge in [-0.15, -0.1) is 0 Å². The van der Waals surface area contributed by atoms with E-state index in [1.54, 1.807) is 31.3 Å². The first kappa shape index (κ1) is 14.4. The number of hydrogen-bond acceptors (Lipinski definition) is 4. The van der Waals surface area contributed by atoms with Crippen LogP contribution in [-0.4, -0.2) is 35.9 Å². The molecule has 2 atom stereocenters. The van der Waals surface area contributed by atoms with Gasteiger partial charge in [-0.2, -0.15) is 0 Å². The molecule has 0 fully saturated rings. The molecule has 6 heteroatoms. The minimum absolute atomic E-state index is 0.457. The molecule has 0 saturated heterocycles. The highest BCUT2D eigenvalue weighted by molar-refractivity contribution is 5.87. The second kappa shape index (κ2) is 6.95. The number of carbonyl (C=O) groups excluding carboxylic acids is 1. The van der Waals surface area contributed by atoms with Crippen LogP contribution in [0.5, 0.6) is 0 Å². The quantitative estimate of drug-likeness (QED) is 0.498. The van der Waals surface area contributed by atoms with Crippen LogP contribution in [0.4, 0.5) is 10.5 Å². The van der Waals surface area contributed by atoms with E-state index in [2.05, 4.69) is 10.6 Å². The second-order valence-corrected chi connectivity index (χ2v) is 4.02. The predicted molar refractivity (Wildman–Crippen MR) is 69.2 cm³/mol. The zero-order chi connectivity index (χ0) is 13.5. The molecule has 0 heterocycles. The number of hydrogen-bond donors (Lipinski definition) is 5. The van der Waals surface area contributed by atoms with Crippen LogP contribution in [0.2, 0.25) is 0 Å². The van der Waals surface area contributed by atoms with E-state index in [0.717, 1.165) is 0 Å². The fourth-order valence-electron chi connectivity index (χ4n) is 1.58. The van der Waals surface area contributed by atoms with Crippen molar-refractivity contribution in [1.82, 2.24) is 5.32 Å². The van der Waals surface area contributed by atoms with Crippen LogP contribution in [-0.2, 0) is 0 Å². The Balaban J connectivity index is 2.63. The molecule has 0 aromatic heterocycles. The molecule has 0 spiro atoms. The number of urea groups is 1. The molecule has 1 aromatic carbocycles. The summed E-state index contributed by atoms with van der Waals surface area (Å²) in [5, 5.41) is 25.0. The maximum absolute atomic E-state index is 10.6. The van der Waals surface area contributed by atoms with Gasteiger partial charge in [0.05, 0.1) is 6.10 Å². The Morgan fingerprint density at radius 3 is 2.44 bits per heavy atom. The number of amides is 2. The number of benzene rings is 1. The smallest absolute Gasteiger partial charge is 0.316 e. The summed E-state index contributed by atoms with van der Waals surface area (Å²) in [7, 11) is 1.78. The SMILES string of the molecule is CNCCC(O)C(O)c1ccc(NC(N)=O)cc1. The number of aliphatic hydroxyl groups is 2. The van der Waals surface area contributed by atoms with Crippen LogP contribution in [0, 0.1) is 0 Å². The third-order valence-electron chi connectivity index (χ3n) is 2.57. The van der Waals surface area contributed by atoms with Gasteiger partial charge in [0.1, 0.15) is 6.10 Å². The van der Waals surface area contributed by atoms with Crippen molar-refractivity contribution in [2.75, 3.05) is 18.9 Å². The highest BCUT2D eigenvalue weighted by atomic mass is 16.3. The van der Waals surface area contributed by atoms with Crippen LogP contribution in [0.3, 0.4) is 0 Å². The zero-order valence-electron chi connectivity index (χ0n) is 10.3. The summed E-state index contributed by atoms with van der Waals surface area (Å²) in [5.41, 5.74) is 6.11. The van der Waals surface area contributed by atoms with Gasteiger partial charge in [-0.3, -0.25) is 0 Å². The van der Waals surface area contributed by atoms with Crippen molar-refractivity contribution < 1.29 is 15.0 Å². The van der Waals surface area contributed by atoms with Crippen LogP contribution in [0.1, 0.15) is 18.1 Å². The highest BCUT2D eigenvalue weighted by Gasteiger charge is 2.17. The van der Waals surface area contributed by atoms with Crippen LogP contribution < -0.4 is 16.4 Å².